The molecular weight excluding hydrogens is 139 g/mol. The first-order valence-electron chi connectivity index (χ1n) is 1.03. The molecule has 6 heavy (non-hydrogen) atoms. The van der Waals surface area contributed by atoms with Crippen LogP contribution in [0.3, 0.4) is 0 Å². The maximum Gasteiger partial charge on any atom is 3.00 e. The van der Waals surface area contributed by atoms with Crippen molar-refractivity contribution < 1.29 is 27.3 Å². The van der Waals surface area contributed by atoms with E-state index in [1.807, 2.05) is 0 Å². The molecule has 0 spiro atoms. The molecule has 0 aliphatic carbocycles. The van der Waals surface area contributed by atoms with Gasteiger partial charge < -0.3 is 0 Å². The number of hydrogen-bond acceptors (Lipinski definition) is 1. The van der Waals surface area contributed by atoms with E-state index in [2.05, 4.69) is 11.1 Å². The van der Waals surface area contributed by atoms with Gasteiger partial charge in [0.15, 0.2) is 0 Å². The van der Waals surface area contributed by atoms with Gasteiger partial charge in [0.1, 0.15) is 0 Å². The standard InChI is InChI=1S/CH3N2OP.Cr/c2-1(3)5-4;/h(H3,2,3);/q;+3/p+2. The molecule has 3 nitrogen and oxygen atoms in total. The maximum absolute atomic E-state index is 9.37. The van der Waals surface area contributed by atoms with E-state index >= 15 is 0 Å². The first kappa shape index (κ1) is 9.44. The molecule has 0 saturated carbocycles. The zero-order valence-corrected chi connectivity index (χ0v) is 5.25. The van der Waals surface area contributed by atoms with Crippen LogP contribution >= 0.6 is 8.46 Å². The monoisotopic (exact) mass is 144 g/mol. The van der Waals surface area contributed by atoms with Crippen molar-refractivity contribution >= 4 is 14.0 Å². The Balaban J connectivity index is 0. The fourth-order valence-electron chi connectivity index (χ4n) is 0. The summed E-state index contributed by atoms with van der Waals surface area (Å²) in [6, 6.07) is 0. The predicted molar refractivity (Wildman–Crippen MR) is 20.1 cm³/mol. The van der Waals surface area contributed by atoms with Gasteiger partial charge in [0.2, 0.25) is 0 Å². The summed E-state index contributed by atoms with van der Waals surface area (Å²) in [5.41, 5.74) is 4.66. The summed E-state index contributed by atoms with van der Waals surface area (Å²) in [5, 5.41) is 4.69. The van der Waals surface area contributed by atoms with E-state index in [-0.39, 0.29) is 22.9 Å². The minimum absolute atomic E-state index is 0. The van der Waals surface area contributed by atoms with Crippen molar-refractivity contribution in [1.82, 2.24) is 0 Å². The molecule has 1 radical (unpaired) electrons. The van der Waals surface area contributed by atoms with Crippen LogP contribution in [0.1, 0.15) is 0 Å². The molecule has 0 aromatic rings. The van der Waals surface area contributed by atoms with Crippen molar-refractivity contribution in [3.05, 3.63) is 0 Å². The van der Waals surface area contributed by atoms with E-state index in [0.29, 0.717) is 0 Å². The summed E-state index contributed by atoms with van der Waals surface area (Å²) in [6.07, 6.45) is 0. The van der Waals surface area contributed by atoms with E-state index in [4.69, 9.17) is 0 Å². The van der Waals surface area contributed by atoms with E-state index in [1.165, 1.54) is 0 Å². The Morgan fingerprint density at radius 3 is 2.00 bits per heavy atom. The van der Waals surface area contributed by atoms with Gasteiger partial charge in [-0.05, 0) is 0 Å². The molecule has 0 aliphatic heterocycles. The zero-order chi connectivity index (χ0) is 4.28. The summed E-state index contributed by atoms with van der Waals surface area (Å²) in [5.74, 6) is 0. The Labute approximate surface area is 47.8 Å². The molecule has 0 bridgehead atoms. The average molecular weight is 144 g/mol. The van der Waals surface area contributed by atoms with Crippen molar-refractivity contribution in [3.8, 4) is 0 Å². The van der Waals surface area contributed by atoms with E-state index in [0.717, 1.165) is 0 Å². The Morgan fingerprint density at radius 2 is 2.00 bits per heavy atom. The van der Waals surface area contributed by atoms with Crippen LogP contribution in [-0.4, -0.2) is 5.58 Å². The number of amidine groups is 1. The molecule has 0 rings (SSSR count). The Hall–Kier alpha value is 0.102. The summed E-state index contributed by atoms with van der Waals surface area (Å²) >= 11 is 0. The molecule has 0 aromatic heterocycles. The van der Waals surface area contributed by atoms with Crippen LogP contribution in [0.5, 0.6) is 0 Å². The Morgan fingerprint density at radius 1 is 1.83 bits per heavy atom. The summed E-state index contributed by atoms with van der Waals surface area (Å²) in [6.45, 7) is 0. The smallest absolute Gasteiger partial charge is 0.247 e. The summed E-state index contributed by atoms with van der Waals surface area (Å²) in [4.78, 5) is 0. The second kappa shape index (κ2) is 5.10. The molecule has 0 fully saturated rings. The second-order valence-electron chi connectivity index (χ2n) is 0.557. The van der Waals surface area contributed by atoms with E-state index < -0.39 is 8.46 Å². The van der Waals surface area contributed by atoms with Gasteiger partial charge in [0.05, 0.1) is 0 Å². The third-order valence-corrected chi connectivity index (χ3v) is 0.354. The molecule has 0 heterocycles. The molecule has 0 aromatic carbocycles. The molecular formula is CH5CrN2OP+5. The average Bonchev–Trinajstić information content (AvgIpc) is 1.38. The molecule has 0 saturated heterocycles. The predicted octanol–water partition coefficient (Wildman–Crippen LogP) is -1.92. The molecule has 1 atom stereocenters. The van der Waals surface area contributed by atoms with Crippen molar-refractivity contribution in [3.63, 3.8) is 0 Å². The van der Waals surface area contributed by atoms with Gasteiger partial charge in [0.25, 0.3) is 0 Å². The van der Waals surface area contributed by atoms with Crippen molar-refractivity contribution in [2.75, 3.05) is 0 Å². The van der Waals surface area contributed by atoms with Gasteiger partial charge >= 0.3 is 31.4 Å². The van der Waals surface area contributed by atoms with Gasteiger partial charge in [-0.3, -0.25) is 0 Å². The zero-order valence-electron chi connectivity index (χ0n) is 2.97. The first-order valence-corrected chi connectivity index (χ1v) is 1.94. The minimum atomic E-state index is -0.664. The maximum atomic E-state index is 9.37. The van der Waals surface area contributed by atoms with Gasteiger partial charge in [-0.2, -0.15) is 0 Å². The minimum Gasteiger partial charge on any atom is -0.247 e. The molecule has 1 unspecified atom stereocenters. The molecule has 0 amide bonds. The number of nitrogens with two attached hydrogens (primary N) is 2. The van der Waals surface area contributed by atoms with Crippen LogP contribution in [-0.2, 0) is 21.9 Å². The van der Waals surface area contributed by atoms with Gasteiger partial charge in [0, 0.05) is 0 Å². The van der Waals surface area contributed by atoms with Crippen molar-refractivity contribution in [2.24, 2.45) is 5.73 Å². The second-order valence-corrected chi connectivity index (χ2v) is 1.34. The van der Waals surface area contributed by atoms with Gasteiger partial charge in [-0.25, -0.2) is 11.1 Å². The largest absolute Gasteiger partial charge is 3.00 e. The van der Waals surface area contributed by atoms with Crippen LogP contribution in [0.25, 0.3) is 0 Å². The van der Waals surface area contributed by atoms with Crippen LogP contribution in [0, 0.1) is 0 Å². The SMILES string of the molecule is NC(=[NH2+])[PH+]=O.[Cr+3]. The third-order valence-electron chi connectivity index (χ3n) is 0.118. The van der Waals surface area contributed by atoms with E-state index in [1.54, 1.807) is 0 Å². The summed E-state index contributed by atoms with van der Waals surface area (Å²) in [7, 11) is -0.664. The fourth-order valence-corrected chi connectivity index (χ4v) is 0. The third kappa shape index (κ3) is 8.93. The fraction of sp³-hybridized carbons (Fsp3) is 0. The number of rotatable bonds is 1. The van der Waals surface area contributed by atoms with Crippen LogP contribution in [0.15, 0.2) is 0 Å². The Bertz CT molecular complexity index is 64.6. The molecule has 31 valence electrons. The van der Waals surface area contributed by atoms with Crippen LogP contribution < -0.4 is 11.1 Å². The molecule has 0 aliphatic rings. The molecule has 4 N–H and O–H groups in total. The number of hydrogen-bond donors (Lipinski definition) is 2. The van der Waals surface area contributed by atoms with Crippen LogP contribution in [0.4, 0.5) is 0 Å². The summed E-state index contributed by atoms with van der Waals surface area (Å²) < 4.78 is 9.37. The first-order chi connectivity index (χ1) is 2.27. The van der Waals surface area contributed by atoms with Crippen LogP contribution in [0.2, 0.25) is 0 Å². The molecule has 5 heteroatoms. The quantitative estimate of drug-likeness (QED) is 0.256. The van der Waals surface area contributed by atoms with Gasteiger partial charge in [-0.1, -0.05) is 4.57 Å². The van der Waals surface area contributed by atoms with E-state index in [9.17, 15) is 4.57 Å². The van der Waals surface area contributed by atoms with Crippen molar-refractivity contribution in [2.45, 2.75) is 0 Å². The Kier molecular flexibility index (Phi) is 8.03. The van der Waals surface area contributed by atoms with Crippen molar-refractivity contribution in [1.29, 1.82) is 0 Å². The normalized spacial score (nSPS) is 6.67. The van der Waals surface area contributed by atoms with Gasteiger partial charge in [-0.15, -0.1) is 0 Å². The topological polar surface area (TPSA) is 68.7 Å².